The number of benzene rings is 1. The first-order chi connectivity index (χ1) is 18.0. The van der Waals surface area contributed by atoms with E-state index in [0.29, 0.717) is 29.6 Å². The van der Waals surface area contributed by atoms with Crippen molar-refractivity contribution in [1.82, 2.24) is 29.4 Å². The molecule has 5 heterocycles. The number of amides is 1. The van der Waals surface area contributed by atoms with Gasteiger partial charge in [0.05, 0.1) is 17.9 Å². The molecule has 0 N–H and O–H groups in total. The van der Waals surface area contributed by atoms with E-state index >= 15 is 0 Å². The Bertz CT molecular complexity index is 1450. The largest absolute Gasteiger partial charge is 0.348 e. The number of anilines is 1. The highest BCUT2D eigenvalue weighted by Crippen LogP contribution is 2.35. The van der Waals surface area contributed by atoms with Crippen molar-refractivity contribution in [3.63, 3.8) is 0 Å². The highest BCUT2D eigenvalue weighted by atomic mass is 19.1. The molecule has 190 valence electrons. The number of likely N-dealkylation sites (tertiary alicyclic amines) is 1. The van der Waals surface area contributed by atoms with Crippen LogP contribution in [0.2, 0.25) is 0 Å². The van der Waals surface area contributed by atoms with E-state index in [4.69, 9.17) is 10.1 Å². The van der Waals surface area contributed by atoms with Gasteiger partial charge in [0.2, 0.25) is 0 Å². The van der Waals surface area contributed by atoms with Crippen LogP contribution in [0, 0.1) is 5.82 Å². The zero-order chi connectivity index (χ0) is 25.5. The summed E-state index contributed by atoms with van der Waals surface area (Å²) in [7, 11) is 4.10. The zero-order valence-corrected chi connectivity index (χ0v) is 21.1. The third-order valence-corrected chi connectivity index (χ3v) is 7.54. The van der Waals surface area contributed by atoms with Crippen LogP contribution in [0.15, 0.2) is 60.8 Å². The summed E-state index contributed by atoms with van der Waals surface area (Å²) in [6.45, 7) is 2.28. The van der Waals surface area contributed by atoms with E-state index in [1.165, 1.54) is 6.07 Å². The average molecular weight is 500 g/mol. The van der Waals surface area contributed by atoms with Crippen LogP contribution >= 0.6 is 0 Å². The molecule has 3 aromatic heterocycles. The Morgan fingerprint density at radius 3 is 2.73 bits per heavy atom. The van der Waals surface area contributed by atoms with E-state index in [1.54, 1.807) is 28.9 Å². The highest BCUT2D eigenvalue weighted by molar-refractivity contribution is 5.93. The molecule has 2 unspecified atom stereocenters. The molecule has 2 saturated heterocycles. The Labute approximate surface area is 215 Å². The van der Waals surface area contributed by atoms with Crippen molar-refractivity contribution in [2.75, 3.05) is 38.6 Å². The monoisotopic (exact) mass is 499 g/mol. The fourth-order valence-electron chi connectivity index (χ4n) is 5.50. The predicted molar refractivity (Wildman–Crippen MR) is 140 cm³/mol. The molecule has 4 aromatic rings. The molecule has 6 rings (SSSR count). The molecule has 0 radical (unpaired) electrons. The highest BCUT2D eigenvalue weighted by Gasteiger charge is 2.30. The van der Waals surface area contributed by atoms with Gasteiger partial charge in [0.1, 0.15) is 23.0 Å². The van der Waals surface area contributed by atoms with Gasteiger partial charge in [-0.2, -0.15) is 0 Å². The fraction of sp³-hybridized carbons (Fsp3) is 0.357. The lowest BCUT2D eigenvalue weighted by molar-refractivity contribution is 0.0777. The quantitative estimate of drug-likeness (QED) is 0.413. The Hall–Kier alpha value is -3.85. The number of nitrogens with zero attached hydrogens (tertiary/aromatic N) is 7. The van der Waals surface area contributed by atoms with Gasteiger partial charge in [-0.1, -0.05) is 18.2 Å². The van der Waals surface area contributed by atoms with E-state index in [0.717, 1.165) is 49.4 Å². The summed E-state index contributed by atoms with van der Waals surface area (Å²) in [6, 6.07) is 16.7. The van der Waals surface area contributed by atoms with Gasteiger partial charge >= 0.3 is 0 Å². The van der Waals surface area contributed by atoms with Crippen molar-refractivity contribution in [1.29, 1.82) is 0 Å². The summed E-state index contributed by atoms with van der Waals surface area (Å²) in [5.41, 5.74) is 3.45. The van der Waals surface area contributed by atoms with Crippen LogP contribution in [0.5, 0.6) is 0 Å². The summed E-state index contributed by atoms with van der Waals surface area (Å²) in [5, 5.41) is 4.92. The van der Waals surface area contributed by atoms with Gasteiger partial charge in [-0.25, -0.2) is 18.9 Å². The lowest BCUT2D eigenvalue weighted by Gasteiger charge is -2.26. The third-order valence-electron chi connectivity index (χ3n) is 7.54. The van der Waals surface area contributed by atoms with E-state index < -0.39 is 0 Å². The van der Waals surface area contributed by atoms with E-state index in [1.807, 2.05) is 49.3 Å². The van der Waals surface area contributed by atoms with Crippen molar-refractivity contribution < 1.29 is 9.18 Å². The second kappa shape index (κ2) is 9.55. The summed E-state index contributed by atoms with van der Waals surface area (Å²) in [5.74, 6) is 0.525. The Morgan fingerprint density at radius 1 is 1.05 bits per heavy atom. The topological polar surface area (TPSA) is 69.9 Å². The second-order valence-corrected chi connectivity index (χ2v) is 10.1. The number of carbonyl (C=O) groups excluding carboxylic acids is 1. The van der Waals surface area contributed by atoms with Crippen LogP contribution < -0.4 is 4.90 Å². The number of hydrogen-bond donors (Lipinski definition) is 0. The summed E-state index contributed by atoms with van der Waals surface area (Å²) >= 11 is 0. The number of pyridine rings is 1. The summed E-state index contributed by atoms with van der Waals surface area (Å²) in [6.07, 6.45) is 4.66. The molecule has 8 nitrogen and oxygen atoms in total. The molecular formula is C28H30FN7O. The molecule has 0 bridgehead atoms. The number of likely N-dealkylation sites (N-methyl/N-ethyl adjacent to an activating group) is 1. The number of carbonyl (C=O) groups is 1. The smallest absolute Gasteiger partial charge is 0.272 e. The van der Waals surface area contributed by atoms with Gasteiger partial charge < -0.3 is 14.7 Å². The SMILES string of the molecule is CN(C)C1CCN(C(=O)c2cccc(-c3cnc4ccc(N5CCCC5c5cccc(F)c5)nn34)n2)C1. The number of hydrogen-bond acceptors (Lipinski definition) is 6. The van der Waals surface area contributed by atoms with Crippen LogP contribution in [0.3, 0.4) is 0 Å². The zero-order valence-electron chi connectivity index (χ0n) is 21.1. The van der Waals surface area contributed by atoms with Crippen LogP contribution in [0.1, 0.15) is 41.4 Å². The van der Waals surface area contributed by atoms with Gasteiger partial charge in [0.25, 0.3) is 5.91 Å². The molecule has 0 aliphatic carbocycles. The summed E-state index contributed by atoms with van der Waals surface area (Å²) in [4.78, 5) is 28.7. The molecule has 0 saturated carbocycles. The fourth-order valence-corrected chi connectivity index (χ4v) is 5.50. The van der Waals surface area contributed by atoms with Crippen LogP contribution in [-0.4, -0.2) is 75.1 Å². The predicted octanol–water partition coefficient (Wildman–Crippen LogP) is 4.05. The minimum Gasteiger partial charge on any atom is -0.348 e. The molecule has 2 aliphatic heterocycles. The number of halogens is 1. The third kappa shape index (κ3) is 4.44. The average Bonchev–Trinajstić information content (AvgIpc) is 3.67. The van der Waals surface area contributed by atoms with Gasteiger partial charge in [-0.05, 0) is 75.3 Å². The Morgan fingerprint density at radius 2 is 1.92 bits per heavy atom. The van der Waals surface area contributed by atoms with Gasteiger partial charge in [0, 0.05) is 25.7 Å². The second-order valence-electron chi connectivity index (χ2n) is 10.1. The van der Waals surface area contributed by atoms with E-state index in [-0.39, 0.29) is 17.8 Å². The van der Waals surface area contributed by atoms with Crippen molar-refractivity contribution in [2.24, 2.45) is 0 Å². The van der Waals surface area contributed by atoms with Gasteiger partial charge in [0.15, 0.2) is 5.65 Å². The maximum absolute atomic E-state index is 13.9. The van der Waals surface area contributed by atoms with Crippen LogP contribution in [0.25, 0.3) is 17.0 Å². The minimum absolute atomic E-state index is 0.0522. The Balaban J connectivity index is 1.30. The first-order valence-corrected chi connectivity index (χ1v) is 12.8. The van der Waals surface area contributed by atoms with E-state index in [2.05, 4.69) is 14.8 Å². The Kier molecular flexibility index (Phi) is 6.08. The molecule has 1 aromatic carbocycles. The lowest BCUT2D eigenvalue weighted by atomic mass is 10.0. The van der Waals surface area contributed by atoms with Crippen molar-refractivity contribution in [2.45, 2.75) is 31.3 Å². The normalized spacial score (nSPS) is 19.9. The number of fused-ring (bicyclic) bond motifs is 1. The molecule has 2 atom stereocenters. The maximum atomic E-state index is 13.9. The molecule has 2 fully saturated rings. The first kappa shape index (κ1) is 23.5. The number of rotatable bonds is 5. The number of imidazole rings is 1. The van der Waals surface area contributed by atoms with Crippen molar-refractivity contribution in [3.05, 3.63) is 77.9 Å². The van der Waals surface area contributed by atoms with E-state index in [9.17, 15) is 9.18 Å². The maximum Gasteiger partial charge on any atom is 0.272 e. The minimum atomic E-state index is -0.226. The van der Waals surface area contributed by atoms with Crippen molar-refractivity contribution in [3.8, 4) is 11.4 Å². The standard InChI is InChI=1S/C28H30FN7O/c1-33(2)21-13-15-34(18-21)28(37)23-9-4-8-22(31-23)25-17-30-26-11-12-27(32-36(25)26)35-14-5-10-24(35)19-6-3-7-20(29)16-19/h3-4,6-9,11-12,16-17,21,24H,5,10,13-15,18H2,1-2H3. The van der Waals surface area contributed by atoms with Crippen molar-refractivity contribution >= 4 is 17.4 Å². The van der Waals surface area contributed by atoms with Gasteiger partial charge in [-0.15, -0.1) is 5.10 Å². The molecule has 0 spiro atoms. The van der Waals surface area contributed by atoms with Crippen LogP contribution in [-0.2, 0) is 0 Å². The molecule has 37 heavy (non-hydrogen) atoms. The molecule has 2 aliphatic rings. The molecule has 9 heteroatoms. The number of aromatic nitrogens is 4. The van der Waals surface area contributed by atoms with Crippen LogP contribution in [0.4, 0.5) is 10.2 Å². The molecular weight excluding hydrogens is 469 g/mol. The molecule has 1 amide bonds. The first-order valence-electron chi connectivity index (χ1n) is 12.8. The summed E-state index contributed by atoms with van der Waals surface area (Å²) < 4.78 is 15.7. The lowest BCUT2D eigenvalue weighted by Crippen LogP contribution is -2.34. The van der Waals surface area contributed by atoms with Gasteiger partial charge in [-0.3, -0.25) is 4.79 Å².